The zero-order valence-corrected chi connectivity index (χ0v) is 25.2. The first-order valence-electron chi connectivity index (χ1n) is 12.9. The molecule has 3 aromatic rings. The number of unbranched alkanes of at least 4 members (excludes halogenated alkanes) is 1. The maximum Gasteiger partial charge on any atom is 0.322 e. The minimum absolute atomic E-state index is 0. The van der Waals surface area contributed by atoms with Crippen LogP contribution >= 0.6 is 24.8 Å². The fourth-order valence-electron chi connectivity index (χ4n) is 4.54. The quantitative estimate of drug-likeness (QED) is 0.255. The summed E-state index contributed by atoms with van der Waals surface area (Å²) < 4.78 is 31.0. The molecule has 0 spiro atoms. The summed E-state index contributed by atoms with van der Waals surface area (Å²) in [5, 5.41) is 9.59. The topological polar surface area (TPSA) is 120 Å². The molecular formula is C27H38Cl2N6O4S. The van der Waals surface area contributed by atoms with Gasteiger partial charge in [-0.15, -0.1) is 24.8 Å². The third-order valence-electron chi connectivity index (χ3n) is 6.48. The summed E-state index contributed by atoms with van der Waals surface area (Å²) in [6, 6.07) is 15.0. The van der Waals surface area contributed by atoms with Gasteiger partial charge in [0.1, 0.15) is 11.5 Å². The molecular weight excluding hydrogens is 575 g/mol. The first-order valence-corrected chi connectivity index (χ1v) is 14.8. The molecule has 13 heteroatoms. The Morgan fingerprint density at radius 1 is 1.05 bits per heavy atom. The molecule has 220 valence electrons. The predicted molar refractivity (Wildman–Crippen MR) is 163 cm³/mol. The Hall–Kier alpha value is -2.99. The number of sulfonamides is 1. The van der Waals surface area contributed by atoms with Crippen LogP contribution in [-0.4, -0.2) is 66.4 Å². The molecule has 2 amide bonds. The largest absolute Gasteiger partial charge is 0.457 e. The van der Waals surface area contributed by atoms with Gasteiger partial charge in [-0.3, -0.25) is 14.7 Å². The molecule has 0 bridgehead atoms. The normalized spacial score (nSPS) is 13.9. The number of urea groups is 1. The third kappa shape index (κ3) is 10.2. The summed E-state index contributed by atoms with van der Waals surface area (Å²) >= 11 is 0. The van der Waals surface area contributed by atoms with Crippen LogP contribution < -0.4 is 14.8 Å². The van der Waals surface area contributed by atoms with E-state index in [-0.39, 0.29) is 36.9 Å². The third-order valence-corrected chi connectivity index (χ3v) is 7.09. The number of likely N-dealkylation sites (tertiary alicyclic amines) is 1. The number of amides is 2. The lowest BCUT2D eigenvalue weighted by Gasteiger charge is -2.38. The van der Waals surface area contributed by atoms with Crippen molar-refractivity contribution in [3.05, 3.63) is 66.5 Å². The van der Waals surface area contributed by atoms with E-state index in [1.807, 2.05) is 17.0 Å². The number of aromatic amines is 1. The van der Waals surface area contributed by atoms with Crippen molar-refractivity contribution in [3.8, 4) is 11.5 Å². The standard InChI is InChI=1S/C27H36N6O4S.2ClH/c1-3-4-15-33(27(34)30-23-18-28-29-19-23)24-13-16-32(17-14-24)20-21-5-9-25(10-6-21)37-26-11-7-22(8-12-26)31-38(2,35)36;;/h5-12,18-19,24,31H,3-4,13-17,20H2,1-2H3,(H,28,29)(H,30,34);2*1H. The Bertz CT molecular complexity index is 1270. The van der Waals surface area contributed by atoms with Gasteiger partial charge in [-0.2, -0.15) is 5.10 Å². The van der Waals surface area contributed by atoms with Crippen molar-refractivity contribution in [2.24, 2.45) is 0 Å². The van der Waals surface area contributed by atoms with Crippen LogP contribution in [0.2, 0.25) is 0 Å². The van der Waals surface area contributed by atoms with Crippen LogP contribution in [-0.2, 0) is 16.6 Å². The van der Waals surface area contributed by atoms with Crippen LogP contribution in [0, 0.1) is 0 Å². The van der Waals surface area contributed by atoms with Gasteiger partial charge < -0.3 is 15.0 Å². The summed E-state index contributed by atoms with van der Waals surface area (Å²) in [5.74, 6) is 1.34. The monoisotopic (exact) mass is 612 g/mol. The molecule has 0 saturated carbocycles. The fourth-order valence-corrected chi connectivity index (χ4v) is 5.11. The molecule has 0 atom stereocenters. The first-order chi connectivity index (χ1) is 18.3. The molecule has 1 fully saturated rings. The number of H-pyrrole nitrogens is 1. The van der Waals surface area contributed by atoms with E-state index in [1.165, 1.54) is 5.56 Å². The summed E-state index contributed by atoms with van der Waals surface area (Å²) in [6.45, 7) is 5.59. The number of carbonyl (C=O) groups excluding carboxylic acids is 1. The second-order valence-corrected chi connectivity index (χ2v) is 11.4. The molecule has 0 radical (unpaired) electrons. The molecule has 40 heavy (non-hydrogen) atoms. The number of ether oxygens (including phenoxy) is 1. The molecule has 1 aliphatic rings. The van der Waals surface area contributed by atoms with Gasteiger partial charge in [0.05, 0.1) is 18.1 Å². The van der Waals surface area contributed by atoms with Crippen LogP contribution in [0.5, 0.6) is 11.5 Å². The van der Waals surface area contributed by atoms with E-state index in [0.717, 1.165) is 58.1 Å². The number of hydrogen-bond acceptors (Lipinski definition) is 6. The Morgan fingerprint density at radius 3 is 2.23 bits per heavy atom. The Balaban J connectivity index is 0.00000280. The lowest BCUT2D eigenvalue weighted by molar-refractivity contribution is 0.122. The number of anilines is 2. The van der Waals surface area contributed by atoms with E-state index in [1.54, 1.807) is 36.7 Å². The van der Waals surface area contributed by atoms with E-state index < -0.39 is 10.0 Å². The van der Waals surface area contributed by atoms with Gasteiger partial charge >= 0.3 is 6.03 Å². The van der Waals surface area contributed by atoms with Gasteiger partial charge in [-0.25, -0.2) is 13.2 Å². The molecule has 1 aromatic heterocycles. The van der Waals surface area contributed by atoms with Crippen LogP contribution in [0.1, 0.15) is 38.2 Å². The lowest BCUT2D eigenvalue weighted by atomic mass is 10.0. The Kier molecular flexibility index (Phi) is 13.0. The highest BCUT2D eigenvalue weighted by atomic mass is 35.5. The lowest BCUT2D eigenvalue weighted by Crippen LogP contribution is -2.49. The molecule has 0 unspecified atom stereocenters. The molecule has 2 aromatic carbocycles. The van der Waals surface area contributed by atoms with Crippen molar-refractivity contribution in [2.75, 3.05) is 35.9 Å². The van der Waals surface area contributed by atoms with Crippen LogP contribution in [0.25, 0.3) is 0 Å². The highest BCUT2D eigenvalue weighted by Crippen LogP contribution is 2.25. The van der Waals surface area contributed by atoms with E-state index in [4.69, 9.17) is 4.74 Å². The van der Waals surface area contributed by atoms with Crippen LogP contribution in [0.3, 0.4) is 0 Å². The SMILES string of the molecule is CCCCN(C(=O)Nc1cn[nH]c1)C1CCN(Cc2ccc(Oc3ccc(NS(C)(=O)=O)cc3)cc2)CC1.Cl.Cl. The number of benzene rings is 2. The number of nitrogens with one attached hydrogen (secondary N) is 3. The highest BCUT2D eigenvalue weighted by Gasteiger charge is 2.28. The fraction of sp³-hybridized carbons (Fsp3) is 0.407. The molecule has 4 rings (SSSR count). The molecule has 1 aliphatic heterocycles. The van der Waals surface area contributed by atoms with E-state index >= 15 is 0 Å². The van der Waals surface area contributed by atoms with Gasteiger partial charge in [0.25, 0.3) is 0 Å². The van der Waals surface area contributed by atoms with Gasteiger partial charge in [0.15, 0.2) is 0 Å². The number of carbonyl (C=O) groups is 1. The van der Waals surface area contributed by atoms with E-state index in [0.29, 0.717) is 22.9 Å². The number of rotatable bonds is 11. The number of hydrogen-bond donors (Lipinski definition) is 3. The second-order valence-electron chi connectivity index (χ2n) is 9.62. The number of nitrogens with zero attached hydrogens (tertiary/aromatic N) is 3. The minimum atomic E-state index is -3.31. The average Bonchev–Trinajstić information content (AvgIpc) is 3.40. The predicted octanol–water partition coefficient (Wildman–Crippen LogP) is 5.72. The van der Waals surface area contributed by atoms with Gasteiger partial charge in [0, 0.05) is 44.1 Å². The Labute approximate surface area is 248 Å². The van der Waals surface area contributed by atoms with Crippen LogP contribution in [0.4, 0.5) is 16.2 Å². The van der Waals surface area contributed by atoms with Crippen molar-refractivity contribution in [1.29, 1.82) is 0 Å². The van der Waals surface area contributed by atoms with Gasteiger partial charge in [0.2, 0.25) is 10.0 Å². The minimum Gasteiger partial charge on any atom is -0.457 e. The van der Waals surface area contributed by atoms with Gasteiger partial charge in [-0.05, 0) is 61.2 Å². The van der Waals surface area contributed by atoms with Crippen molar-refractivity contribution in [3.63, 3.8) is 0 Å². The molecule has 10 nitrogen and oxygen atoms in total. The van der Waals surface area contributed by atoms with E-state index in [2.05, 4.69) is 44.2 Å². The van der Waals surface area contributed by atoms with Crippen molar-refractivity contribution in [1.82, 2.24) is 20.0 Å². The number of halogens is 2. The zero-order valence-electron chi connectivity index (χ0n) is 22.7. The summed E-state index contributed by atoms with van der Waals surface area (Å²) in [4.78, 5) is 17.4. The smallest absolute Gasteiger partial charge is 0.322 e. The van der Waals surface area contributed by atoms with Crippen LogP contribution in [0.15, 0.2) is 60.9 Å². The van der Waals surface area contributed by atoms with Gasteiger partial charge in [-0.1, -0.05) is 25.5 Å². The number of aromatic nitrogens is 2. The zero-order chi connectivity index (χ0) is 27.0. The van der Waals surface area contributed by atoms with Crippen molar-refractivity contribution in [2.45, 2.75) is 45.2 Å². The molecule has 0 aliphatic carbocycles. The second kappa shape index (κ2) is 15.7. The average molecular weight is 614 g/mol. The molecule has 1 saturated heterocycles. The highest BCUT2D eigenvalue weighted by molar-refractivity contribution is 7.92. The van der Waals surface area contributed by atoms with Crippen molar-refractivity contribution < 1.29 is 17.9 Å². The first kappa shape index (κ1) is 33.2. The maximum atomic E-state index is 12.9. The van der Waals surface area contributed by atoms with E-state index in [9.17, 15) is 13.2 Å². The number of piperidine rings is 1. The summed E-state index contributed by atoms with van der Waals surface area (Å²) in [5.41, 5.74) is 2.37. The maximum absolute atomic E-state index is 12.9. The summed E-state index contributed by atoms with van der Waals surface area (Å²) in [6.07, 6.45) is 8.32. The Morgan fingerprint density at radius 2 is 1.68 bits per heavy atom. The van der Waals surface area contributed by atoms with Crippen molar-refractivity contribution >= 4 is 52.2 Å². The molecule has 2 heterocycles. The summed E-state index contributed by atoms with van der Waals surface area (Å²) in [7, 11) is -3.31. The molecule has 3 N–H and O–H groups in total.